The highest BCUT2D eigenvalue weighted by Gasteiger charge is 2.25. The van der Waals surface area contributed by atoms with Gasteiger partial charge >= 0.3 is 5.97 Å². The van der Waals surface area contributed by atoms with Gasteiger partial charge in [-0.2, -0.15) is 11.8 Å². The molecule has 0 radical (unpaired) electrons. The normalized spacial score (nSPS) is 12.6. The Balaban J connectivity index is 1.74. The van der Waals surface area contributed by atoms with Crippen molar-refractivity contribution in [3.63, 3.8) is 0 Å². The number of benzene rings is 3. The predicted octanol–water partition coefficient (Wildman–Crippen LogP) is 7.22. The molecule has 0 saturated carbocycles. The quantitative estimate of drug-likeness (QED) is 0.193. The molecule has 2 unspecified atom stereocenters. The topological polar surface area (TPSA) is 88.8 Å². The lowest BCUT2D eigenvalue weighted by Gasteiger charge is -2.19. The van der Waals surface area contributed by atoms with Crippen molar-refractivity contribution in [1.29, 1.82) is 0 Å². The summed E-state index contributed by atoms with van der Waals surface area (Å²) in [5.74, 6) is -1.14. The van der Waals surface area contributed by atoms with Gasteiger partial charge in [-0.05, 0) is 96.3 Å². The third-order valence-corrected chi connectivity index (χ3v) is 7.23. The Morgan fingerprint density at radius 3 is 2.38 bits per heavy atom. The van der Waals surface area contributed by atoms with Crippen molar-refractivity contribution in [3.8, 4) is 22.5 Å². The number of thioether (sulfide) groups is 1. The van der Waals surface area contributed by atoms with Gasteiger partial charge in [0.1, 0.15) is 35.3 Å². The van der Waals surface area contributed by atoms with Gasteiger partial charge in [0.25, 0.3) is 5.91 Å². The van der Waals surface area contributed by atoms with E-state index in [4.69, 9.17) is 20.8 Å². The number of hydrogen-bond acceptors (Lipinski definition) is 5. The second-order valence-electron chi connectivity index (χ2n) is 8.90. The van der Waals surface area contributed by atoms with Gasteiger partial charge < -0.3 is 19.6 Å². The van der Waals surface area contributed by atoms with Gasteiger partial charge in [-0.15, -0.1) is 0 Å². The molecule has 0 aliphatic rings. The van der Waals surface area contributed by atoms with E-state index in [-0.39, 0.29) is 22.8 Å². The summed E-state index contributed by atoms with van der Waals surface area (Å²) in [6.45, 7) is 0. The SMILES string of the molecule is COC(c1ccc(C(=O)NC(CCSC)C(=O)O)c(-c2ccc(F)cc2Cl)c1)c1ccc(-c2ccc(F)cc2)o1. The van der Waals surface area contributed by atoms with Crippen LogP contribution in [0.25, 0.3) is 22.5 Å². The van der Waals surface area contributed by atoms with E-state index >= 15 is 0 Å². The minimum absolute atomic E-state index is 0.0777. The number of amides is 1. The molecule has 3 aromatic carbocycles. The Labute approximate surface area is 239 Å². The van der Waals surface area contributed by atoms with E-state index in [1.54, 1.807) is 42.5 Å². The number of hydrogen-bond donors (Lipinski definition) is 2. The second-order valence-corrected chi connectivity index (χ2v) is 10.3. The molecular formula is C30H26ClF2NO5S. The zero-order chi connectivity index (χ0) is 28.8. The van der Waals surface area contributed by atoms with Crippen molar-refractivity contribution in [1.82, 2.24) is 5.32 Å². The summed E-state index contributed by atoms with van der Waals surface area (Å²) in [7, 11) is 1.50. The number of carbonyl (C=O) groups is 2. The molecule has 2 atom stereocenters. The Kier molecular flexibility index (Phi) is 9.63. The van der Waals surface area contributed by atoms with Crippen LogP contribution in [0.5, 0.6) is 0 Å². The van der Waals surface area contributed by atoms with Crippen molar-refractivity contribution < 1.29 is 32.6 Å². The van der Waals surface area contributed by atoms with Crippen LogP contribution >= 0.6 is 23.4 Å². The maximum absolute atomic E-state index is 13.9. The monoisotopic (exact) mass is 585 g/mol. The molecule has 0 bridgehead atoms. The molecule has 4 aromatic rings. The Morgan fingerprint density at radius 1 is 1.00 bits per heavy atom. The molecule has 2 N–H and O–H groups in total. The second kappa shape index (κ2) is 13.1. The molecule has 0 spiro atoms. The number of carboxylic acid groups (broad SMARTS) is 1. The van der Waals surface area contributed by atoms with Gasteiger partial charge in [0, 0.05) is 23.8 Å². The van der Waals surface area contributed by atoms with Gasteiger partial charge in [0.05, 0.1) is 5.02 Å². The standard InChI is InChI=1S/C30H26ClF2NO5S/c1-38-28(27-12-11-26(39-27)17-3-6-19(32)7-4-17)18-5-9-22(29(35)34-25(30(36)37)13-14-40-2)23(15-18)21-10-8-20(33)16-24(21)31/h3-12,15-16,25,28H,13-14H2,1-2H3,(H,34,35)(H,36,37). The molecule has 4 rings (SSSR count). The van der Waals surface area contributed by atoms with E-state index in [1.165, 1.54) is 43.1 Å². The number of halogens is 3. The summed E-state index contributed by atoms with van der Waals surface area (Å²) in [5.41, 5.74) is 2.19. The fourth-order valence-corrected chi connectivity index (χ4v) is 5.00. The minimum Gasteiger partial charge on any atom is -0.480 e. The fourth-order valence-electron chi connectivity index (χ4n) is 4.26. The molecule has 40 heavy (non-hydrogen) atoms. The average molecular weight is 586 g/mol. The number of carboxylic acids is 1. The molecule has 6 nitrogen and oxygen atoms in total. The van der Waals surface area contributed by atoms with Gasteiger partial charge in [0.15, 0.2) is 0 Å². The Bertz CT molecular complexity index is 1510. The Hall–Kier alpha value is -3.66. The summed E-state index contributed by atoms with van der Waals surface area (Å²) in [5, 5.41) is 12.3. The molecule has 1 amide bonds. The van der Waals surface area contributed by atoms with E-state index in [0.29, 0.717) is 39.5 Å². The van der Waals surface area contributed by atoms with Crippen LogP contribution in [0.4, 0.5) is 8.78 Å². The maximum atomic E-state index is 13.9. The number of furan rings is 1. The van der Waals surface area contributed by atoms with Crippen LogP contribution in [0.1, 0.15) is 34.2 Å². The molecule has 0 saturated heterocycles. The average Bonchev–Trinajstić information content (AvgIpc) is 3.41. The first-order chi connectivity index (χ1) is 19.2. The van der Waals surface area contributed by atoms with Crippen molar-refractivity contribution in [2.75, 3.05) is 19.1 Å². The third kappa shape index (κ3) is 6.72. The third-order valence-electron chi connectivity index (χ3n) is 6.28. The zero-order valence-corrected chi connectivity index (χ0v) is 23.2. The Morgan fingerprint density at radius 2 is 1.73 bits per heavy atom. The largest absolute Gasteiger partial charge is 0.480 e. The van der Waals surface area contributed by atoms with Crippen LogP contribution in [0.15, 0.2) is 77.2 Å². The molecule has 208 valence electrons. The number of ether oxygens (including phenoxy) is 1. The van der Waals surface area contributed by atoms with Crippen LogP contribution in [-0.2, 0) is 9.53 Å². The van der Waals surface area contributed by atoms with E-state index in [2.05, 4.69) is 5.32 Å². The molecule has 0 fully saturated rings. The summed E-state index contributed by atoms with van der Waals surface area (Å²) in [4.78, 5) is 25.1. The first-order valence-corrected chi connectivity index (χ1v) is 14.0. The number of methoxy groups -OCH3 is 1. The lowest BCUT2D eigenvalue weighted by molar-refractivity contribution is -0.139. The predicted molar refractivity (Wildman–Crippen MR) is 152 cm³/mol. The number of aliphatic carboxylic acids is 1. The van der Waals surface area contributed by atoms with Crippen molar-refractivity contribution in [2.45, 2.75) is 18.6 Å². The molecule has 0 aliphatic heterocycles. The van der Waals surface area contributed by atoms with Crippen LogP contribution in [-0.4, -0.2) is 42.1 Å². The first-order valence-electron chi connectivity index (χ1n) is 12.2. The van der Waals surface area contributed by atoms with Gasteiger partial charge in [-0.3, -0.25) is 4.79 Å². The van der Waals surface area contributed by atoms with Crippen LogP contribution in [0.2, 0.25) is 5.02 Å². The minimum atomic E-state index is -1.14. The summed E-state index contributed by atoms with van der Waals surface area (Å²) in [6.07, 6.45) is 1.40. The summed E-state index contributed by atoms with van der Waals surface area (Å²) in [6, 6.07) is 17.0. The van der Waals surface area contributed by atoms with Crippen LogP contribution in [0, 0.1) is 11.6 Å². The van der Waals surface area contributed by atoms with E-state index in [1.807, 2.05) is 6.26 Å². The lowest BCUT2D eigenvalue weighted by Crippen LogP contribution is -2.41. The molecule has 10 heteroatoms. The van der Waals surface area contributed by atoms with Crippen molar-refractivity contribution >= 4 is 35.2 Å². The summed E-state index contributed by atoms with van der Waals surface area (Å²) < 4.78 is 39.0. The van der Waals surface area contributed by atoms with Crippen molar-refractivity contribution in [3.05, 3.63) is 106 Å². The highest BCUT2D eigenvalue weighted by atomic mass is 35.5. The highest BCUT2D eigenvalue weighted by Crippen LogP contribution is 2.37. The number of rotatable bonds is 11. The van der Waals surface area contributed by atoms with Gasteiger partial charge in [0.2, 0.25) is 0 Å². The number of nitrogens with one attached hydrogen (secondary N) is 1. The van der Waals surface area contributed by atoms with E-state index in [9.17, 15) is 23.5 Å². The van der Waals surface area contributed by atoms with Crippen molar-refractivity contribution in [2.24, 2.45) is 0 Å². The molecule has 1 heterocycles. The lowest BCUT2D eigenvalue weighted by atomic mass is 9.94. The zero-order valence-electron chi connectivity index (χ0n) is 21.6. The highest BCUT2D eigenvalue weighted by molar-refractivity contribution is 7.98. The number of carbonyl (C=O) groups excluding carboxylic acids is 1. The molecule has 0 aliphatic carbocycles. The van der Waals surface area contributed by atoms with Gasteiger partial charge in [-0.25, -0.2) is 13.6 Å². The maximum Gasteiger partial charge on any atom is 0.326 e. The smallest absolute Gasteiger partial charge is 0.326 e. The van der Waals surface area contributed by atoms with E-state index in [0.717, 1.165) is 6.07 Å². The van der Waals surface area contributed by atoms with Crippen LogP contribution in [0.3, 0.4) is 0 Å². The van der Waals surface area contributed by atoms with Gasteiger partial charge in [-0.1, -0.05) is 17.7 Å². The molecular weight excluding hydrogens is 560 g/mol. The summed E-state index contributed by atoms with van der Waals surface area (Å²) >= 11 is 7.86. The first kappa shape index (κ1) is 29.3. The fraction of sp³-hybridized carbons (Fsp3) is 0.200. The molecule has 1 aromatic heterocycles. The van der Waals surface area contributed by atoms with Crippen LogP contribution < -0.4 is 5.32 Å². The van der Waals surface area contributed by atoms with E-state index < -0.39 is 29.8 Å².